The summed E-state index contributed by atoms with van der Waals surface area (Å²) in [6.45, 7) is 3.46. The summed E-state index contributed by atoms with van der Waals surface area (Å²) in [6.07, 6.45) is 8.41. The van der Waals surface area contributed by atoms with Gasteiger partial charge in [0.25, 0.3) is 0 Å². The number of Topliss-reactive ketones (excluding diaryl/α,β-unsaturated/α-hetero) is 1. The third-order valence-electron chi connectivity index (χ3n) is 9.38. The van der Waals surface area contributed by atoms with E-state index in [0.717, 1.165) is 44.9 Å². The predicted molar refractivity (Wildman–Crippen MR) is 107 cm³/mol. The fourth-order valence-electron chi connectivity index (χ4n) is 8.32. The molecule has 2 bridgehead atoms. The Morgan fingerprint density at radius 1 is 1.13 bits per heavy atom. The molecule has 0 aromatic rings. The number of hydrogen-bond acceptors (Lipinski definition) is 6. The molecular formula is C24H32O6. The lowest BCUT2D eigenvalue weighted by molar-refractivity contribution is -0.209. The van der Waals surface area contributed by atoms with Crippen LogP contribution in [-0.4, -0.2) is 43.1 Å². The minimum Gasteiger partial charge on any atom is -0.458 e. The standard InChI is InChI=1S/C24H32O6/c1-14(25)29-13-18(27)17-4-5-19-22(17,2)9-8-20-23-10-7-16(26)12-15(23)6-11-24(19,20)30-21(23)28-3/h12,17,19-21H,4-11,13H2,1-3H3/t17-,19-,20-,21+,22-,23-,24-/m1/s1. The van der Waals surface area contributed by atoms with Gasteiger partial charge in [0.05, 0.1) is 5.60 Å². The first-order valence-electron chi connectivity index (χ1n) is 11.4. The molecule has 0 N–H and O–H groups in total. The van der Waals surface area contributed by atoms with E-state index in [1.54, 1.807) is 7.11 Å². The molecule has 1 heterocycles. The van der Waals surface area contributed by atoms with E-state index in [1.165, 1.54) is 12.5 Å². The molecule has 0 amide bonds. The monoisotopic (exact) mass is 416 g/mol. The van der Waals surface area contributed by atoms with Crippen LogP contribution in [0.3, 0.4) is 0 Å². The molecule has 4 fully saturated rings. The molecule has 4 aliphatic carbocycles. The van der Waals surface area contributed by atoms with Crippen LogP contribution in [0.25, 0.3) is 0 Å². The number of rotatable bonds is 4. The molecule has 0 aromatic heterocycles. The van der Waals surface area contributed by atoms with Gasteiger partial charge in [0.15, 0.2) is 17.9 Å². The summed E-state index contributed by atoms with van der Waals surface area (Å²) < 4.78 is 17.8. The number of carbonyl (C=O) groups is 3. The van der Waals surface area contributed by atoms with Crippen LogP contribution in [0.2, 0.25) is 0 Å². The molecule has 1 saturated heterocycles. The van der Waals surface area contributed by atoms with Gasteiger partial charge in [-0.25, -0.2) is 0 Å². The number of ketones is 2. The highest BCUT2D eigenvalue weighted by Crippen LogP contribution is 2.74. The van der Waals surface area contributed by atoms with E-state index in [4.69, 9.17) is 14.2 Å². The summed E-state index contributed by atoms with van der Waals surface area (Å²) in [5, 5.41) is 0. The highest BCUT2D eigenvalue weighted by atomic mass is 16.7. The average molecular weight is 417 g/mol. The number of ether oxygens (including phenoxy) is 3. The Kier molecular flexibility index (Phi) is 4.57. The molecule has 6 nitrogen and oxygen atoms in total. The van der Waals surface area contributed by atoms with E-state index in [0.29, 0.717) is 12.3 Å². The second-order valence-corrected chi connectivity index (χ2v) is 10.3. The van der Waals surface area contributed by atoms with Crippen molar-refractivity contribution >= 4 is 17.5 Å². The normalized spacial score (nSPS) is 46.5. The number of hydrogen-bond donors (Lipinski definition) is 0. The van der Waals surface area contributed by atoms with Gasteiger partial charge >= 0.3 is 5.97 Å². The summed E-state index contributed by atoms with van der Waals surface area (Å²) >= 11 is 0. The molecule has 3 saturated carbocycles. The average Bonchev–Trinajstić information content (AvgIpc) is 3.16. The van der Waals surface area contributed by atoms with Crippen LogP contribution in [0.1, 0.15) is 65.2 Å². The maximum absolute atomic E-state index is 13.0. The lowest BCUT2D eigenvalue weighted by Gasteiger charge is -2.58. The summed E-state index contributed by atoms with van der Waals surface area (Å²) in [5.74, 6) is 0.383. The molecule has 1 aliphatic heterocycles. The second kappa shape index (κ2) is 6.73. The van der Waals surface area contributed by atoms with Crippen molar-refractivity contribution in [3.05, 3.63) is 11.6 Å². The number of fused-ring (bicyclic) bond motifs is 1. The van der Waals surface area contributed by atoms with Gasteiger partial charge in [-0.15, -0.1) is 0 Å². The van der Waals surface area contributed by atoms with Crippen molar-refractivity contribution in [1.29, 1.82) is 0 Å². The zero-order valence-corrected chi connectivity index (χ0v) is 18.2. The Labute approximate surface area is 177 Å². The summed E-state index contributed by atoms with van der Waals surface area (Å²) in [4.78, 5) is 36.3. The molecule has 6 heteroatoms. The first kappa shape index (κ1) is 20.4. The quantitative estimate of drug-likeness (QED) is 0.654. The van der Waals surface area contributed by atoms with Crippen LogP contribution in [-0.2, 0) is 28.6 Å². The fourth-order valence-corrected chi connectivity index (χ4v) is 8.32. The number of esters is 1. The minimum absolute atomic E-state index is 0.0423. The van der Waals surface area contributed by atoms with Gasteiger partial charge in [0, 0.05) is 37.7 Å². The van der Waals surface area contributed by atoms with Crippen LogP contribution in [0.5, 0.6) is 0 Å². The van der Waals surface area contributed by atoms with E-state index in [9.17, 15) is 14.4 Å². The van der Waals surface area contributed by atoms with Gasteiger partial charge in [0.1, 0.15) is 6.61 Å². The Hall–Kier alpha value is -1.53. The second-order valence-electron chi connectivity index (χ2n) is 10.3. The predicted octanol–water partition coefficient (Wildman–Crippen LogP) is 3.37. The SMILES string of the molecule is CO[C@H]1O[C@@]23CCC4=CC(=O)CC[C@]41[C@H]2CC[C@]1(C)[C@@H](C(=O)COC(C)=O)CC[C@H]13. The van der Waals surface area contributed by atoms with E-state index >= 15 is 0 Å². The van der Waals surface area contributed by atoms with Crippen molar-refractivity contribution in [1.82, 2.24) is 0 Å². The zero-order chi connectivity index (χ0) is 21.3. The van der Waals surface area contributed by atoms with Crippen LogP contribution < -0.4 is 0 Å². The van der Waals surface area contributed by atoms with Gasteiger partial charge in [-0.3, -0.25) is 14.4 Å². The summed E-state index contributed by atoms with van der Waals surface area (Å²) in [5.41, 5.74) is 0.598. The Bertz CT molecular complexity index is 832. The van der Waals surface area contributed by atoms with E-state index in [1.807, 2.05) is 6.08 Å². The first-order valence-corrected chi connectivity index (χ1v) is 11.4. The minimum atomic E-state index is -0.409. The van der Waals surface area contributed by atoms with Crippen molar-refractivity contribution < 1.29 is 28.6 Å². The van der Waals surface area contributed by atoms with Gasteiger partial charge in [-0.2, -0.15) is 0 Å². The van der Waals surface area contributed by atoms with Crippen LogP contribution in [0.15, 0.2) is 11.6 Å². The summed E-state index contributed by atoms with van der Waals surface area (Å²) in [7, 11) is 1.72. The molecule has 1 spiro atoms. The molecule has 5 aliphatic rings. The highest BCUT2D eigenvalue weighted by Gasteiger charge is 2.74. The molecule has 30 heavy (non-hydrogen) atoms. The number of methoxy groups -OCH3 is 1. The molecule has 0 aromatic carbocycles. The third-order valence-corrected chi connectivity index (χ3v) is 9.38. The third kappa shape index (κ3) is 2.46. The molecule has 5 rings (SSSR count). The molecule has 0 radical (unpaired) electrons. The van der Waals surface area contributed by atoms with E-state index < -0.39 is 5.97 Å². The van der Waals surface area contributed by atoms with Crippen molar-refractivity contribution in [3.63, 3.8) is 0 Å². The Morgan fingerprint density at radius 2 is 1.93 bits per heavy atom. The molecule has 7 atom stereocenters. The highest BCUT2D eigenvalue weighted by molar-refractivity contribution is 5.92. The Morgan fingerprint density at radius 3 is 2.67 bits per heavy atom. The van der Waals surface area contributed by atoms with Crippen molar-refractivity contribution in [3.8, 4) is 0 Å². The van der Waals surface area contributed by atoms with E-state index in [2.05, 4.69) is 6.92 Å². The zero-order valence-electron chi connectivity index (χ0n) is 18.2. The molecule has 164 valence electrons. The number of carbonyl (C=O) groups excluding carboxylic acids is 3. The lowest BCUT2D eigenvalue weighted by atomic mass is 9.45. The smallest absolute Gasteiger partial charge is 0.303 e. The lowest BCUT2D eigenvalue weighted by Crippen LogP contribution is -2.59. The fraction of sp³-hybridized carbons (Fsp3) is 0.792. The van der Waals surface area contributed by atoms with Crippen LogP contribution >= 0.6 is 0 Å². The van der Waals surface area contributed by atoms with Crippen molar-refractivity contribution in [2.75, 3.05) is 13.7 Å². The van der Waals surface area contributed by atoms with Gasteiger partial charge < -0.3 is 14.2 Å². The van der Waals surface area contributed by atoms with Crippen molar-refractivity contribution in [2.24, 2.45) is 28.6 Å². The Balaban J connectivity index is 1.50. The maximum Gasteiger partial charge on any atom is 0.303 e. The largest absolute Gasteiger partial charge is 0.458 e. The van der Waals surface area contributed by atoms with Crippen LogP contribution in [0.4, 0.5) is 0 Å². The summed E-state index contributed by atoms with van der Waals surface area (Å²) in [6, 6.07) is 0. The topological polar surface area (TPSA) is 78.9 Å². The van der Waals surface area contributed by atoms with Crippen LogP contribution in [0, 0.1) is 28.6 Å². The maximum atomic E-state index is 13.0. The van der Waals surface area contributed by atoms with Gasteiger partial charge in [0.2, 0.25) is 0 Å². The van der Waals surface area contributed by atoms with E-state index in [-0.39, 0.29) is 52.7 Å². The molecule has 0 unspecified atom stereocenters. The first-order chi connectivity index (χ1) is 14.3. The van der Waals surface area contributed by atoms with Gasteiger partial charge in [-0.1, -0.05) is 12.5 Å². The van der Waals surface area contributed by atoms with Crippen molar-refractivity contribution in [2.45, 2.75) is 77.1 Å². The molecular weight excluding hydrogens is 384 g/mol. The van der Waals surface area contributed by atoms with Gasteiger partial charge in [-0.05, 0) is 62.4 Å².